The highest BCUT2D eigenvalue weighted by atomic mass is 32.2. The van der Waals surface area contributed by atoms with E-state index in [1.54, 1.807) is 23.3 Å². The van der Waals surface area contributed by atoms with Crippen LogP contribution in [0.1, 0.15) is 31.2 Å². The molecule has 0 N–H and O–H groups in total. The van der Waals surface area contributed by atoms with Crippen molar-refractivity contribution in [3.05, 3.63) is 29.8 Å². The Balaban J connectivity index is 2.06. The molecule has 0 unspecified atom stereocenters. The van der Waals surface area contributed by atoms with E-state index in [4.69, 9.17) is 4.84 Å². The third-order valence-electron chi connectivity index (χ3n) is 3.47. The average molecular weight is 297 g/mol. The summed E-state index contributed by atoms with van der Waals surface area (Å²) < 4.78 is 23.2. The largest absolute Gasteiger partial charge is 0.368 e. The van der Waals surface area contributed by atoms with Crippen molar-refractivity contribution in [2.45, 2.75) is 30.6 Å². The first-order valence-electron chi connectivity index (χ1n) is 6.60. The number of piperidine rings is 1. The zero-order valence-corrected chi connectivity index (χ0v) is 12.5. The molecule has 1 aromatic carbocycles. The highest BCUT2D eigenvalue weighted by molar-refractivity contribution is 7.90. The average Bonchev–Trinajstić information content (AvgIpc) is 2.38. The first kappa shape index (κ1) is 15.0. The Morgan fingerprint density at radius 1 is 1.30 bits per heavy atom. The summed E-state index contributed by atoms with van der Waals surface area (Å²) in [5.74, 6) is 0.00559. The second kappa shape index (κ2) is 5.93. The molecule has 1 heterocycles. The maximum Gasteiger partial charge on any atom is 0.322 e. The van der Waals surface area contributed by atoms with Crippen LogP contribution in [0.15, 0.2) is 29.2 Å². The van der Waals surface area contributed by atoms with Crippen LogP contribution in [0.3, 0.4) is 0 Å². The normalized spacial score (nSPS) is 17.9. The van der Waals surface area contributed by atoms with Crippen LogP contribution >= 0.6 is 0 Å². The van der Waals surface area contributed by atoms with E-state index in [0.717, 1.165) is 18.4 Å². The van der Waals surface area contributed by atoms with E-state index in [0.29, 0.717) is 23.9 Å². The SMILES string of the molecule is CC(=O)ON1CCC(c2cccc(S(C)(=O)=O)c2)CC1. The fourth-order valence-electron chi connectivity index (χ4n) is 2.46. The monoisotopic (exact) mass is 297 g/mol. The van der Waals surface area contributed by atoms with Crippen LogP contribution in [0.25, 0.3) is 0 Å². The van der Waals surface area contributed by atoms with Crippen molar-refractivity contribution >= 4 is 15.8 Å². The van der Waals surface area contributed by atoms with Gasteiger partial charge in [0.05, 0.1) is 4.90 Å². The van der Waals surface area contributed by atoms with Crippen LogP contribution in [-0.4, -0.2) is 38.8 Å². The van der Waals surface area contributed by atoms with Crippen LogP contribution in [0.5, 0.6) is 0 Å². The molecule has 0 radical (unpaired) electrons. The number of hydroxylamine groups is 2. The van der Waals surface area contributed by atoms with E-state index >= 15 is 0 Å². The first-order chi connectivity index (χ1) is 9.36. The lowest BCUT2D eigenvalue weighted by atomic mass is 9.90. The molecule has 1 fully saturated rings. The van der Waals surface area contributed by atoms with Crippen LogP contribution in [0, 0.1) is 0 Å². The van der Waals surface area contributed by atoms with Gasteiger partial charge in [-0.15, -0.1) is 5.06 Å². The second-order valence-electron chi connectivity index (χ2n) is 5.13. The van der Waals surface area contributed by atoms with E-state index in [2.05, 4.69) is 0 Å². The third kappa shape index (κ3) is 3.80. The Bertz CT molecular complexity index is 589. The molecule has 5 nitrogen and oxygen atoms in total. The number of carbonyl (C=O) groups is 1. The van der Waals surface area contributed by atoms with Crippen molar-refractivity contribution in [3.63, 3.8) is 0 Å². The van der Waals surface area contributed by atoms with Crippen molar-refractivity contribution in [2.24, 2.45) is 0 Å². The van der Waals surface area contributed by atoms with E-state index in [-0.39, 0.29) is 5.97 Å². The maximum atomic E-state index is 11.6. The maximum absolute atomic E-state index is 11.6. The van der Waals surface area contributed by atoms with E-state index < -0.39 is 9.84 Å². The number of carbonyl (C=O) groups excluding carboxylic acids is 1. The van der Waals surface area contributed by atoms with Crippen molar-refractivity contribution < 1.29 is 18.0 Å². The summed E-state index contributed by atoms with van der Waals surface area (Å²) in [6, 6.07) is 7.11. The van der Waals surface area contributed by atoms with Gasteiger partial charge in [0, 0.05) is 26.3 Å². The molecule has 1 aliphatic rings. The quantitative estimate of drug-likeness (QED) is 0.850. The van der Waals surface area contributed by atoms with Gasteiger partial charge in [-0.2, -0.15) is 0 Å². The molecule has 0 saturated carbocycles. The molecular weight excluding hydrogens is 278 g/mol. The van der Waals surface area contributed by atoms with Crippen LogP contribution < -0.4 is 0 Å². The smallest absolute Gasteiger partial charge is 0.322 e. The number of nitrogens with zero attached hydrogens (tertiary/aromatic N) is 1. The zero-order chi connectivity index (χ0) is 14.8. The first-order valence-corrected chi connectivity index (χ1v) is 8.49. The second-order valence-corrected chi connectivity index (χ2v) is 7.15. The van der Waals surface area contributed by atoms with Crippen LogP contribution in [0.2, 0.25) is 0 Å². The summed E-state index contributed by atoms with van der Waals surface area (Å²) in [6.45, 7) is 2.74. The molecule has 6 heteroatoms. The van der Waals surface area contributed by atoms with Crippen LogP contribution in [-0.2, 0) is 19.5 Å². The van der Waals surface area contributed by atoms with Gasteiger partial charge in [0.1, 0.15) is 0 Å². The fraction of sp³-hybridized carbons (Fsp3) is 0.500. The Morgan fingerprint density at radius 3 is 2.50 bits per heavy atom. The van der Waals surface area contributed by atoms with E-state index in [1.165, 1.54) is 13.2 Å². The van der Waals surface area contributed by atoms with Gasteiger partial charge >= 0.3 is 5.97 Å². The lowest BCUT2D eigenvalue weighted by Crippen LogP contribution is -2.34. The number of rotatable bonds is 3. The molecule has 1 saturated heterocycles. The highest BCUT2D eigenvalue weighted by Crippen LogP contribution is 2.29. The van der Waals surface area contributed by atoms with Gasteiger partial charge < -0.3 is 4.84 Å². The molecule has 0 aromatic heterocycles. The summed E-state index contributed by atoms with van der Waals surface area (Å²) in [7, 11) is -3.17. The van der Waals surface area contributed by atoms with Crippen molar-refractivity contribution in [2.75, 3.05) is 19.3 Å². The summed E-state index contributed by atoms with van der Waals surface area (Å²) in [5.41, 5.74) is 1.04. The minimum atomic E-state index is -3.17. The van der Waals surface area contributed by atoms with Crippen molar-refractivity contribution in [1.29, 1.82) is 0 Å². The fourth-order valence-corrected chi connectivity index (χ4v) is 3.14. The molecule has 1 aliphatic heterocycles. The lowest BCUT2D eigenvalue weighted by Gasteiger charge is -2.30. The molecule has 0 amide bonds. The highest BCUT2D eigenvalue weighted by Gasteiger charge is 2.23. The Labute approximate surface area is 119 Å². The predicted octanol–water partition coefficient (Wildman–Crippen LogP) is 1.75. The molecule has 0 aliphatic carbocycles. The molecule has 110 valence electrons. The Morgan fingerprint density at radius 2 is 1.95 bits per heavy atom. The minimum absolute atomic E-state index is 0.303. The predicted molar refractivity (Wildman–Crippen MR) is 74.9 cm³/mol. The number of hydrogen-bond donors (Lipinski definition) is 0. The number of hydrogen-bond acceptors (Lipinski definition) is 5. The van der Waals surface area contributed by atoms with Gasteiger partial charge in [-0.25, -0.2) is 8.42 Å². The minimum Gasteiger partial charge on any atom is -0.368 e. The summed E-state index contributed by atoms with van der Waals surface area (Å²) in [5, 5.41) is 1.67. The summed E-state index contributed by atoms with van der Waals surface area (Å²) in [4.78, 5) is 16.3. The molecule has 0 bridgehead atoms. The number of benzene rings is 1. The topological polar surface area (TPSA) is 63.7 Å². The van der Waals surface area contributed by atoms with Gasteiger partial charge in [-0.05, 0) is 36.5 Å². The molecule has 0 atom stereocenters. The molecule has 0 spiro atoms. The Hall–Kier alpha value is -1.40. The summed E-state index contributed by atoms with van der Waals surface area (Å²) >= 11 is 0. The zero-order valence-electron chi connectivity index (χ0n) is 11.7. The molecule has 2 rings (SSSR count). The van der Waals surface area contributed by atoms with E-state index in [1.807, 2.05) is 6.07 Å². The molecule has 1 aromatic rings. The van der Waals surface area contributed by atoms with Gasteiger partial charge in [-0.1, -0.05) is 12.1 Å². The van der Waals surface area contributed by atoms with Gasteiger partial charge in [0.2, 0.25) is 0 Å². The van der Waals surface area contributed by atoms with Crippen molar-refractivity contribution in [1.82, 2.24) is 5.06 Å². The third-order valence-corrected chi connectivity index (χ3v) is 4.58. The Kier molecular flexibility index (Phi) is 4.45. The van der Waals surface area contributed by atoms with Gasteiger partial charge in [0.15, 0.2) is 9.84 Å². The summed E-state index contributed by atoms with van der Waals surface area (Å²) in [6.07, 6.45) is 2.91. The number of sulfone groups is 1. The van der Waals surface area contributed by atoms with Crippen molar-refractivity contribution in [3.8, 4) is 0 Å². The lowest BCUT2D eigenvalue weighted by molar-refractivity contribution is -0.192. The van der Waals surface area contributed by atoms with Crippen LogP contribution in [0.4, 0.5) is 0 Å². The van der Waals surface area contributed by atoms with Gasteiger partial charge in [-0.3, -0.25) is 4.79 Å². The molecule has 20 heavy (non-hydrogen) atoms. The van der Waals surface area contributed by atoms with E-state index in [9.17, 15) is 13.2 Å². The van der Waals surface area contributed by atoms with Gasteiger partial charge in [0.25, 0.3) is 0 Å². The standard InChI is InChI=1S/C14H19NO4S/c1-11(16)19-15-8-6-12(7-9-15)13-4-3-5-14(10-13)20(2,17)18/h3-5,10,12H,6-9H2,1-2H3. The molecular formula is C14H19NO4S.